The summed E-state index contributed by atoms with van der Waals surface area (Å²) >= 11 is 0. The van der Waals surface area contributed by atoms with E-state index in [1.54, 1.807) is 6.92 Å². The fourth-order valence-corrected chi connectivity index (χ4v) is 3.63. The third-order valence-electron chi connectivity index (χ3n) is 5.57. The molecule has 2 saturated heterocycles. The van der Waals surface area contributed by atoms with Crippen LogP contribution in [0.25, 0.3) is 10.4 Å². The quantitative estimate of drug-likeness (QED) is 0.0621. The highest BCUT2D eigenvalue weighted by Gasteiger charge is 2.49. The van der Waals surface area contributed by atoms with E-state index in [2.05, 4.69) is 10.0 Å². The summed E-state index contributed by atoms with van der Waals surface area (Å²) in [4.78, 5) is 2.61. The molecule has 0 bridgehead atoms. The molecule has 10 atom stereocenters. The summed E-state index contributed by atoms with van der Waals surface area (Å²) < 4.78 is 33.0. The second-order valence-electron chi connectivity index (χ2n) is 7.92. The first-order valence-electron chi connectivity index (χ1n) is 11.0. The van der Waals surface area contributed by atoms with Gasteiger partial charge in [0.05, 0.1) is 52.4 Å². The maximum atomic E-state index is 10.6. The van der Waals surface area contributed by atoms with Crippen molar-refractivity contribution >= 4 is 0 Å². The van der Waals surface area contributed by atoms with Crippen molar-refractivity contribution < 1.29 is 59.1 Å². The van der Waals surface area contributed by atoms with Crippen molar-refractivity contribution in [1.29, 1.82) is 0 Å². The standard InChI is InChI=1S/C19H35N3O12/c1-10-17(34-19-16(28)15(27)13(25)11(8-23)33-19)14(26)12(9-24)32-18(10)31-7-6-30-5-4-29-3-2-21-22-20/h10-19,23-28H,2-9H2,1H3/t10?,11?,12?,13-,14-,15-,16?,17+,18-,19-/m0/s1. The number of ether oxygens (including phenoxy) is 6. The molecule has 2 rings (SSSR count). The van der Waals surface area contributed by atoms with Crippen molar-refractivity contribution in [2.75, 3.05) is 52.8 Å². The lowest BCUT2D eigenvalue weighted by atomic mass is 9.91. The van der Waals surface area contributed by atoms with Gasteiger partial charge in [-0.25, -0.2) is 0 Å². The van der Waals surface area contributed by atoms with E-state index in [0.29, 0.717) is 13.2 Å². The molecule has 0 spiro atoms. The number of azide groups is 1. The van der Waals surface area contributed by atoms with Gasteiger partial charge in [-0.15, -0.1) is 0 Å². The molecule has 198 valence electrons. The van der Waals surface area contributed by atoms with Crippen LogP contribution < -0.4 is 0 Å². The Hall–Kier alpha value is -1.17. The second-order valence-corrected chi connectivity index (χ2v) is 7.92. The minimum absolute atomic E-state index is 0.120. The molecule has 2 aliphatic rings. The maximum Gasteiger partial charge on any atom is 0.187 e. The van der Waals surface area contributed by atoms with Crippen molar-refractivity contribution in [2.24, 2.45) is 11.0 Å². The molecule has 15 nitrogen and oxygen atoms in total. The Morgan fingerprint density at radius 1 is 0.794 bits per heavy atom. The molecule has 0 saturated carbocycles. The van der Waals surface area contributed by atoms with Crippen LogP contribution in [0.15, 0.2) is 5.11 Å². The van der Waals surface area contributed by atoms with E-state index in [-0.39, 0.29) is 26.4 Å². The normalized spacial score (nSPS) is 38.4. The van der Waals surface area contributed by atoms with Crippen LogP contribution in [0.5, 0.6) is 0 Å². The Kier molecular flexibility index (Phi) is 12.9. The molecule has 4 unspecified atom stereocenters. The topological polar surface area (TPSA) is 226 Å². The van der Waals surface area contributed by atoms with E-state index < -0.39 is 74.4 Å². The molecule has 2 fully saturated rings. The minimum Gasteiger partial charge on any atom is -0.394 e. The molecule has 15 heteroatoms. The number of aliphatic hydroxyl groups is 6. The average Bonchev–Trinajstić information content (AvgIpc) is 2.84. The van der Waals surface area contributed by atoms with Crippen LogP contribution >= 0.6 is 0 Å². The Labute approximate surface area is 196 Å². The van der Waals surface area contributed by atoms with Crippen LogP contribution in [-0.4, -0.2) is 139 Å². The highest BCUT2D eigenvalue weighted by Crippen LogP contribution is 2.32. The van der Waals surface area contributed by atoms with E-state index in [1.165, 1.54) is 0 Å². The number of rotatable bonds is 14. The van der Waals surface area contributed by atoms with Crippen LogP contribution in [0.3, 0.4) is 0 Å². The largest absolute Gasteiger partial charge is 0.394 e. The zero-order chi connectivity index (χ0) is 25.1. The molecule has 2 aliphatic heterocycles. The molecule has 0 amide bonds. The Morgan fingerprint density at radius 3 is 2.03 bits per heavy atom. The first-order valence-corrected chi connectivity index (χ1v) is 11.0. The van der Waals surface area contributed by atoms with E-state index >= 15 is 0 Å². The Bertz CT molecular complexity index is 625. The van der Waals surface area contributed by atoms with Gasteiger partial charge in [0, 0.05) is 17.4 Å². The Balaban J connectivity index is 1.85. The first kappa shape index (κ1) is 29.1. The van der Waals surface area contributed by atoms with Crippen LogP contribution in [-0.2, 0) is 28.4 Å². The van der Waals surface area contributed by atoms with Gasteiger partial charge >= 0.3 is 0 Å². The van der Waals surface area contributed by atoms with Crippen LogP contribution in [0.1, 0.15) is 6.92 Å². The summed E-state index contributed by atoms with van der Waals surface area (Å²) in [5.74, 6) is -0.603. The lowest BCUT2D eigenvalue weighted by molar-refractivity contribution is -0.351. The molecular formula is C19H35N3O12. The van der Waals surface area contributed by atoms with Crippen LogP contribution in [0.4, 0.5) is 0 Å². The molecule has 0 radical (unpaired) electrons. The number of hydrogen-bond donors (Lipinski definition) is 6. The molecule has 0 aromatic rings. The van der Waals surface area contributed by atoms with Gasteiger partial charge < -0.3 is 59.1 Å². The third-order valence-corrected chi connectivity index (χ3v) is 5.57. The average molecular weight is 497 g/mol. The zero-order valence-electron chi connectivity index (χ0n) is 18.9. The lowest BCUT2D eigenvalue weighted by Gasteiger charge is -2.46. The predicted octanol–water partition coefficient (Wildman–Crippen LogP) is -2.75. The van der Waals surface area contributed by atoms with Gasteiger partial charge in [0.2, 0.25) is 0 Å². The summed E-state index contributed by atoms with van der Waals surface area (Å²) in [6.45, 7) is 1.96. The fraction of sp³-hybridized carbons (Fsp3) is 1.00. The predicted molar refractivity (Wildman–Crippen MR) is 111 cm³/mol. The van der Waals surface area contributed by atoms with Gasteiger partial charge in [0.25, 0.3) is 0 Å². The summed E-state index contributed by atoms with van der Waals surface area (Å²) in [6.07, 6.45) is -11.8. The summed E-state index contributed by atoms with van der Waals surface area (Å²) in [6, 6.07) is 0. The lowest BCUT2D eigenvalue weighted by Crippen LogP contribution is -2.63. The molecule has 0 aromatic heterocycles. The molecule has 0 aromatic carbocycles. The van der Waals surface area contributed by atoms with Gasteiger partial charge in [0.15, 0.2) is 12.6 Å². The zero-order valence-corrected chi connectivity index (χ0v) is 18.9. The van der Waals surface area contributed by atoms with Gasteiger partial charge in [-0.2, -0.15) is 0 Å². The monoisotopic (exact) mass is 497 g/mol. The minimum atomic E-state index is -1.64. The van der Waals surface area contributed by atoms with Gasteiger partial charge in [-0.3, -0.25) is 0 Å². The van der Waals surface area contributed by atoms with Crippen molar-refractivity contribution in [3.8, 4) is 0 Å². The highest BCUT2D eigenvalue weighted by molar-refractivity contribution is 4.93. The van der Waals surface area contributed by atoms with Crippen LogP contribution in [0.2, 0.25) is 0 Å². The van der Waals surface area contributed by atoms with Crippen molar-refractivity contribution in [1.82, 2.24) is 0 Å². The Morgan fingerprint density at radius 2 is 1.38 bits per heavy atom. The molecule has 0 aliphatic carbocycles. The van der Waals surface area contributed by atoms with Gasteiger partial charge in [0.1, 0.15) is 36.6 Å². The number of hydrogen-bond acceptors (Lipinski definition) is 13. The molecular weight excluding hydrogens is 462 g/mol. The summed E-state index contributed by atoms with van der Waals surface area (Å²) in [7, 11) is 0. The van der Waals surface area contributed by atoms with Gasteiger partial charge in [-0.1, -0.05) is 12.0 Å². The van der Waals surface area contributed by atoms with Gasteiger partial charge in [-0.05, 0) is 5.53 Å². The van der Waals surface area contributed by atoms with E-state index in [1.807, 2.05) is 0 Å². The molecule has 6 N–H and O–H groups in total. The van der Waals surface area contributed by atoms with Crippen molar-refractivity contribution in [3.05, 3.63) is 10.4 Å². The van der Waals surface area contributed by atoms with Crippen LogP contribution in [0, 0.1) is 5.92 Å². The molecule has 34 heavy (non-hydrogen) atoms. The SMILES string of the molecule is CC1[C@@H](OCCOCCOCCN=[N+]=[N-])OC(CO)[C@H](O)[C@@H]1O[C@@H]1OC(CO)[C@H](O)[C@H](O)C1O. The number of nitrogens with zero attached hydrogens (tertiary/aromatic N) is 3. The summed E-state index contributed by atoms with van der Waals surface area (Å²) in [5, 5.41) is 63.0. The second kappa shape index (κ2) is 15.1. The molecule has 2 heterocycles. The number of aliphatic hydroxyl groups excluding tert-OH is 6. The van der Waals surface area contributed by atoms with E-state index in [4.69, 9.17) is 34.0 Å². The third kappa shape index (κ3) is 7.93. The highest BCUT2D eigenvalue weighted by atomic mass is 16.7. The first-order chi connectivity index (χ1) is 16.3. The van der Waals surface area contributed by atoms with E-state index in [9.17, 15) is 30.6 Å². The van der Waals surface area contributed by atoms with Crippen molar-refractivity contribution in [2.45, 2.75) is 62.2 Å². The smallest absolute Gasteiger partial charge is 0.187 e. The van der Waals surface area contributed by atoms with E-state index in [0.717, 1.165) is 0 Å². The fourth-order valence-electron chi connectivity index (χ4n) is 3.63. The summed E-state index contributed by atoms with van der Waals surface area (Å²) in [5.41, 5.74) is 8.16. The van der Waals surface area contributed by atoms with Crippen molar-refractivity contribution in [3.63, 3.8) is 0 Å². The maximum absolute atomic E-state index is 10.6.